The van der Waals surface area contributed by atoms with Crippen LogP contribution in [-0.4, -0.2) is 23.0 Å². The molecule has 1 aliphatic rings. The lowest BCUT2D eigenvalue weighted by Gasteiger charge is -2.21. The van der Waals surface area contributed by atoms with Crippen LogP contribution in [0.4, 0.5) is 10.1 Å². The largest absolute Gasteiger partial charge is 0.449 e. The average Bonchev–Trinajstić information content (AvgIpc) is 2.73. The standard InChI is InChI=1S/C23H21FN2O3/c1-14(22(27)26-20-13-7-4-10-17(20)24)29-23(28)21-15-8-2-5-11-18(15)25-19-12-6-3-9-16(19)21/h2,4-5,7-8,10-11,13-14H,3,6,9,12H2,1H3,(H,26,27)/t14-/m1/s1. The van der Waals surface area contributed by atoms with Gasteiger partial charge >= 0.3 is 5.97 Å². The maximum absolute atomic E-state index is 13.8. The summed E-state index contributed by atoms with van der Waals surface area (Å²) in [6.07, 6.45) is 2.52. The molecular weight excluding hydrogens is 371 g/mol. The molecule has 1 N–H and O–H groups in total. The van der Waals surface area contributed by atoms with Gasteiger partial charge in [0.1, 0.15) is 5.82 Å². The SMILES string of the molecule is C[C@@H](OC(=O)c1c2c(nc3ccccc13)CCCC2)C(=O)Nc1ccccc1F. The molecule has 0 unspecified atom stereocenters. The molecule has 29 heavy (non-hydrogen) atoms. The Morgan fingerprint density at radius 1 is 1.07 bits per heavy atom. The van der Waals surface area contributed by atoms with E-state index in [2.05, 4.69) is 5.32 Å². The molecular formula is C23H21FN2O3. The van der Waals surface area contributed by atoms with Crippen LogP contribution in [0.25, 0.3) is 10.9 Å². The number of benzene rings is 2. The molecule has 2 aromatic carbocycles. The zero-order valence-corrected chi connectivity index (χ0v) is 16.1. The number of aromatic nitrogens is 1. The third-order valence-electron chi connectivity index (χ3n) is 5.16. The summed E-state index contributed by atoms with van der Waals surface area (Å²) < 4.78 is 19.3. The number of rotatable bonds is 4. The number of para-hydroxylation sites is 2. The second kappa shape index (κ2) is 7.99. The minimum atomic E-state index is -1.08. The molecule has 4 rings (SSSR count). The number of aryl methyl sites for hydroxylation is 1. The Morgan fingerprint density at radius 3 is 2.62 bits per heavy atom. The summed E-state index contributed by atoms with van der Waals surface area (Å²) in [5, 5.41) is 3.18. The van der Waals surface area contributed by atoms with Crippen LogP contribution in [0.15, 0.2) is 48.5 Å². The van der Waals surface area contributed by atoms with E-state index in [0.29, 0.717) is 5.56 Å². The summed E-state index contributed by atoms with van der Waals surface area (Å²) in [4.78, 5) is 30.2. The number of hydrogen-bond acceptors (Lipinski definition) is 4. The molecule has 1 atom stereocenters. The van der Waals surface area contributed by atoms with Gasteiger partial charge in [0, 0.05) is 11.1 Å². The molecule has 0 fully saturated rings. The summed E-state index contributed by atoms with van der Waals surface area (Å²) >= 11 is 0. The highest BCUT2D eigenvalue weighted by Gasteiger charge is 2.26. The van der Waals surface area contributed by atoms with Crippen molar-refractivity contribution in [3.63, 3.8) is 0 Å². The Hall–Kier alpha value is -3.28. The van der Waals surface area contributed by atoms with Crippen molar-refractivity contribution in [2.24, 2.45) is 0 Å². The van der Waals surface area contributed by atoms with E-state index in [1.54, 1.807) is 6.07 Å². The van der Waals surface area contributed by atoms with E-state index in [0.717, 1.165) is 47.8 Å². The summed E-state index contributed by atoms with van der Waals surface area (Å²) in [7, 11) is 0. The Kier molecular flexibility index (Phi) is 5.25. The first kappa shape index (κ1) is 19.1. The van der Waals surface area contributed by atoms with Gasteiger partial charge in [0.15, 0.2) is 6.10 Å². The van der Waals surface area contributed by atoms with Crippen molar-refractivity contribution >= 4 is 28.5 Å². The van der Waals surface area contributed by atoms with Crippen molar-refractivity contribution in [3.05, 3.63) is 71.2 Å². The summed E-state index contributed by atoms with van der Waals surface area (Å²) in [6, 6.07) is 13.3. The fourth-order valence-electron chi connectivity index (χ4n) is 3.68. The molecule has 0 radical (unpaired) electrons. The van der Waals surface area contributed by atoms with E-state index in [9.17, 15) is 14.0 Å². The second-order valence-electron chi connectivity index (χ2n) is 7.15. The third-order valence-corrected chi connectivity index (χ3v) is 5.16. The number of anilines is 1. The number of hydrogen-bond donors (Lipinski definition) is 1. The highest BCUT2D eigenvalue weighted by atomic mass is 19.1. The van der Waals surface area contributed by atoms with Gasteiger partial charge in [-0.05, 0) is 56.4 Å². The molecule has 148 valence electrons. The maximum atomic E-state index is 13.8. The number of carbonyl (C=O) groups excluding carboxylic acids is 2. The van der Waals surface area contributed by atoms with Crippen LogP contribution in [0.2, 0.25) is 0 Å². The molecule has 0 spiro atoms. The van der Waals surface area contributed by atoms with Crippen LogP contribution < -0.4 is 5.32 Å². The fraction of sp³-hybridized carbons (Fsp3) is 0.261. The van der Waals surface area contributed by atoms with Crippen molar-refractivity contribution in [3.8, 4) is 0 Å². The van der Waals surface area contributed by atoms with E-state index in [4.69, 9.17) is 9.72 Å². The number of fused-ring (bicyclic) bond motifs is 2. The molecule has 1 amide bonds. The number of nitrogens with one attached hydrogen (secondary N) is 1. The number of pyridine rings is 1. The summed E-state index contributed by atoms with van der Waals surface area (Å²) in [5.74, 6) is -1.69. The predicted molar refractivity (Wildman–Crippen MR) is 108 cm³/mol. The Balaban J connectivity index is 1.60. The van der Waals surface area contributed by atoms with Crippen molar-refractivity contribution < 1.29 is 18.7 Å². The summed E-state index contributed by atoms with van der Waals surface area (Å²) in [5.41, 5.74) is 3.10. The molecule has 3 aromatic rings. The average molecular weight is 392 g/mol. The molecule has 0 aliphatic heterocycles. The highest BCUT2D eigenvalue weighted by molar-refractivity contribution is 6.06. The van der Waals surface area contributed by atoms with E-state index >= 15 is 0 Å². The molecule has 0 saturated heterocycles. The van der Waals surface area contributed by atoms with Crippen LogP contribution in [0.5, 0.6) is 0 Å². The Labute approximate surface area is 167 Å². The molecule has 0 bridgehead atoms. The second-order valence-corrected chi connectivity index (χ2v) is 7.15. The van der Waals surface area contributed by atoms with Crippen LogP contribution in [0.3, 0.4) is 0 Å². The van der Waals surface area contributed by atoms with Crippen LogP contribution >= 0.6 is 0 Å². The Bertz CT molecular complexity index is 1100. The first-order chi connectivity index (χ1) is 14.0. The van der Waals surface area contributed by atoms with Crippen molar-refractivity contribution in [2.45, 2.75) is 38.7 Å². The number of esters is 1. The molecule has 1 aliphatic carbocycles. The van der Waals surface area contributed by atoms with Crippen LogP contribution in [0.1, 0.15) is 41.4 Å². The topological polar surface area (TPSA) is 68.3 Å². The highest BCUT2D eigenvalue weighted by Crippen LogP contribution is 2.30. The number of amides is 1. The lowest BCUT2D eigenvalue weighted by atomic mass is 9.90. The van der Waals surface area contributed by atoms with Crippen LogP contribution in [0, 0.1) is 5.82 Å². The minimum Gasteiger partial charge on any atom is -0.449 e. The first-order valence-electron chi connectivity index (χ1n) is 9.71. The quantitative estimate of drug-likeness (QED) is 0.667. The smallest absolute Gasteiger partial charge is 0.339 e. The summed E-state index contributed by atoms with van der Waals surface area (Å²) in [6.45, 7) is 1.48. The molecule has 0 saturated carbocycles. The lowest BCUT2D eigenvalue weighted by Crippen LogP contribution is -2.31. The van der Waals surface area contributed by atoms with Gasteiger partial charge in [0.25, 0.3) is 5.91 Å². The number of halogens is 1. The van der Waals surface area contributed by atoms with E-state index in [1.165, 1.54) is 25.1 Å². The minimum absolute atomic E-state index is 0.0483. The van der Waals surface area contributed by atoms with Crippen LogP contribution in [-0.2, 0) is 22.4 Å². The van der Waals surface area contributed by atoms with E-state index < -0.39 is 23.8 Å². The normalized spacial score (nSPS) is 14.1. The van der Waals surface area contributed by atoms with Gasteiger partial charge in [-0.25, -0.2) is 9.18 Å². The van der Waals surface area contributed by atoms with Gasteiger partial charge in [0.05, 0.1) is 16.8 Å². The number of carbonyl (C=O) groups is 2. The Morgan fingerprint density at radius 2 is 1.79 bits per heavy atom. The van der Waals surface area contributed by atoms with Gasteiger partial charge in [0.2, 0.25) is 0 Å². The first-order valence-corrected chi connectivity index (χ1v) is 9.71. The van der Waals surface area contributed by atoms with Gasteiger partial charge in [-0.15, -0.1) is 0 Å². The maximum Gasteiger partial charge on any atom is 0.339 e. The third kappa shape index (κ3) is 3.83. The van der Waals surface area contributed by atoms with E-state index in [-0.39, 0.29) is 5.69 Å². The number of nitrogens with zero attached hydrogens (tertiary/aromatic N) is 1. The van der Waals surface area contributed by atoms with E-state index in [1.807, 2.05) is 24.3 Å². The van der Waals surface area contributed by atoms with Crippen molar-refractivity contribution in [2.75, 3.05) is 5.32 Å². The molecule has 6 heteroatoms. The molecule has 1 heterocycles. The van der Waals surface area contributed by atoms with Gasteiger partial charge in [-0.3, -0.25) is 9.78 Å². The van der Waals surface area contributed by atoms with Crippen molar-refractivity contribution in [1.29, 1.82) is 0 Å². The lowest BCUT2D eigenvalue weighted by molar-refractivity contribution is -0.123. The predicted octanol–water partition coefficient (Wildman–Crippen LogP) is 4.44. The fourth-order valence-corrected chi connectivity index (χ4v) is 3.68. The van der Waals surface area contributed by atoms with Gasteiger partial charge in [-0.1, -0.05) is 30.3 Å². The zero-order valence-electron chi connectivity index (χ0n) is 16.1. The zero-order chi connectivity index (χ0) is 20.4. The molecule has 5 nitrogen and oxygen atoms in total. The van der Waals surface area contributed by atoms with Gasteiger partial charge in [-0.2, -0.15) is 0 Å². The van der Waals surface area contributed by atoms with Crippen molar-refractivity contribution in [1.82, 2.24) is 4.98 Å². The number of ether oxygens (including phenoxy) is 1. The molecule has 1 aromatic heterocycles. The van der Waals surface area contributed by atoms with Gasteiger partial charge < -0.3 is 10.1 Å². The monoisotopic (exact) mass is 392 g/mol.